The maximum atomic E-state index is 4.33. The molecular weight excluding hydrogens is 234 g/mol. The lowest BCUT2D eigenvalue weighted by Crippen LogP contribution is -2.16. The van der Waals surface area contributed by atoms with Crippen molar-refractivity contribution < 1.29 is 0 Å². The Bertz CT molecular complexity index is 351. The highest BCUT2D eigenvalue weighted by molar-refractivity contribution is 5.07. The molecule has 3 heteroatoms. The summed E-state index contributed by atoms with van der Waals surface area (Å²) >= 11 is 0. The zero-order valence-electron chi connectivity index (χ0n) is 12.6. The lowest BCUT2D eigenvalue weighted by Gasteiger charge is -2.13. The van der Waals surface area contributed by atoms with Gasteiger partial charge in [-0.15, -0.1) is 0 Å². The van der Waals surface area contributed by atoms with Crippen LogP contribution in [0.3, 0.4) is 0 Å². The van der Waals surface area contributed by atoms with Crippen molar-refractivity contribution in [3.63, 3.8) is 0 Å². The van der Waals surface area contributed by atoms with Gasteiger partial charge in [-0.2, -0.15) is 0 Å². The van der Waals surface area contributed by atoms with Crippen molar-refractivity contribution in [2.45, 2.75) is 71.4 Å². The maximum Gasteiger partial charge on any atom is 0.0948 e. The van der Waals surface area contributed by atoms with E-state index in [1.165, 1.54) is 50.6 Å². The fourth-order valence-corrected chi connectivity index (χ4v) is 2.93. The van der Waals surface area contributed by atoms with Gasteiger partial charge in [0.05, 0.1) is 12.0 Å². The number of hydrogen-bond acceptors (Lipinski definition) is 2. The van der Waals surface area contributed by atoms with Crippen molar-refractivity contribution in [2.24, 2.45) is 5.92 Å². The number of rotatable bonds is 8. The highest BCUT2D eigenvalue weighted by atomic mass is 15.1. The van der Waals surface area contributed by atoms with Crippen LogP contribution >= 0.6 is 0 Å². The van der Waals surface area contributed by atoms with Crippen LogP contribution in [-0.4, -0.2) is 16.1 Å². The van der Waals surface area contributed by atoms with E-state index in [4.69, 9.17) is 0 Å². The van der Waals surface area contributed by atoms with Gasteiger partial charge in [0.2, 0.25) is 0 Å². The van der Waals surface area contributed by atoms with Gasteiger partial charge in [0.1, 0.15) is 0 Å². The first-order chi connectivity index (χ1) is 9.27. The minimum Gasteiger partial charge on any atom is -0.333 e. The number of aryl methyl sites for hydroxylation is 1. The molecule has 2 heterocycles. The highest BCUT2D eigenvalue weighted by Crippen LogP contribution is 2.23. The van der Waals surface area contributed by atoms with Gasteiger partial charge >= 0.3 is 0 Å². The quantitative estimate of drug-likeness (QED) is 0.721. The molecule has 0 aromatic carbocycles. The van der Waals surface area contributed by atoms with Crippen LogP contribution in [0.15, 0.2) is 12.5 Å². The zero-order chi connectivity index (χ0) is 13.5. The Kier molecular flexibility index (Phi) is 5.90. The molecule has 2 rings (SSSR count). The van der Waals surface area contributed by atoms with Crippen molar-refractivity contribution in [1.29, 1.82) is 0 Å². The van der Waals surface area contributed by atoms with E-state index in [0.29, 0.717) is 6.04 Å². The van der Waals surface area contributed by atoms with Crippen LogP contribution in [0.2, 0.25) is 0 Å². The molecule has 1 N–H and O–H groups in total. The van der Waals surface area contributed by atoms with E-state index >= 15 is 0 Å². The fraction of sp³-hybridized carbons (Fsp3) is 0.812. The lowest BCUT2D eigenvalue weighted by molar-refractivity contribution is 0.494. The summed E-state index contributed by atoms with van der Waals surface area (Å²) in [5.41, 5.74) is 1.39. The zero-order valence-corrected chi connectivity index (χ0v) is 12.6. The average Bonchev–Trinajstić information content (AvgIpc) is 3.03. The second-order valence-corrected chi connectivity index (χ2v) is 6.26. The van der Waals surface area contributed by atoms with Gasteiger partial charge in [0.25, 0.3) is 0 Å². The molecule has 1 aromatic rings. The van der Waals surface area contributed by atoms with Crippen LogP contribution in [-0.2, 0) is 6.54 Å². The molecule has 108 valence electrons. The first-order valence-corrected chi connectivity index (χ1v) is 8.01. The topological polar surface area (TPSA) is 29.9 Å². The van der Waals surface area contributed by atoms with E-state index in [-0.39, 0.29) is 0 Å². The second-order valence-electron chi connectivity index (χ2n) is 6.26. The Morgan fingerprint density at radius 3 is 2.89 bits per heavy atom. The van der Waals surface area contributed by atoms with Gasteiger partial charge in [0.15, 0.2) is 0 Å². The van der Waals surface area contributed by atoms with Crippen molar-refractivity contribution in [1.82, 2.24) is 14.9 Å². The minimum absolute atomic E-state index is 0.545. The van der Waals surface area contributed by atoms with Gasteiger partial charge in [-0.05, 0) is 31.7 Å². The van der Waals surface area contributed by atoms with Crippen LogP contribution in [0.25, 0.3) is 0 Å². The summed E-state index contributed by atoms with van der Waals surface area (Å²) < 4.78 is 2.35. The number of nitrogens with zero attached hydrogens (tertiary/aromatic N) is 2. The van der Waals surface area contributed by atoms with E-state index < -0.39 is 0 Å². The molecule has 0 radical (unpaired) electrons. The van der Waals surface area contributed by atoms with Crippen molar-refractivity contribution in [3.05, 3.63) is 18.2 Å². The molecule has 1 saturated heterocycles. The molecule has 1 aliphatic heterocycles. The molecule has 19 heavy (non-hydrogen) atoms. The van der Waals surface area contributed by atoms with Crippen molar-refractivity contribution >= 4 is 0 Å². The van der Waals surface area contributed by atoms with Gasteiger partial charge in [-0.1, -0.05) is 39.5 Å². The normalized spacial score (nSPS) is 19.4. The van der Waals surface area contributed by atoms with Crippen molar-refractivity contribution in [2.75, 3.05) is 6.54 Å². The first-order valence-electron chi connectivity index (χ1n) is 8.01. The van der Waals surface area contributed by atoms with E-state index in [1.807, 2.05) is 12.5 Å². The molecule has 1 fully saturated rings. The predicted octanol–water partition coefficient (Wildman–Crippen LogP) is 3.91. The number of hydrogen-bond donors (Lipinski definition) is 1. The Morgan fingerprint density at radius 2 is 2.16 bits per heavy atom. The monoisotopic (exact) mass is 263 g/mol. The summed E-state index contributed by atoms with van der Waals surface area (Å²) in [7, 11) is 0. The first kappa shape index (κ1) is 14.6. The SMILES string of the molecule is CC(C)CCCCCCn1cncc1C1CCCN1. The minimum atomic E-state index is 0.545. The smallest absolute Gasteiger partial charge is 0.0948 e. The molecule has 3 nitrogen and oxygen atoms in total. The summed E-state index contributed by atoms with van der Waals surface area (Å²) in [6.07, 6.45) is 13.4. The highest BCUT2D eigenvalue weighted by Gasteiger charge is 2.19. The lowest BCUT2D eigenvalue weighted by atomic mass is 10.0. The number of nitrogens with one attached hydrogen (secondary N) is 1. The van der Waals surface area contributed by atoms with Gasteiger partial charge in [0, 0.05) is 18.8 Å². The molecule has 1 unspecified atom stereocenters. The summed E-state index contributed by atoms with van der Waals surface area (Å²) in [5.74, 6) is 0.855. The Labute approximate surface area is 117 Å². The van der Waals surface area contributed by atoms with E-state index in [9.17, 15) is 0 Å². The third-order valence-electron chi connectivity index (χ3n) is 4.09. The third kappa shape index (κ3) is 4.64. The number of imidazole rings is 1. The van der Waals surface area contributed by atoms with E-state index in [0.717, 1.165) is 19.0 Å². The van der Waals surface area contributed by atoms with Crippen LogP contribution < -0.4 is 5.32 Å². The van der Waals surface area contributed by atoms with Gasteiger partial charge in [-0.3, -0.25) is 0 Å². The predicted molar refractivity (Wildman–Crippen MR) is 80.1 cm³/mol. The third-order valence-corrected chi connectivity index (χ3v) is 4.09. The van der Waals surface area contributed by atoms with Crippen LogP contribution in [0.4, 0.5) is 0 Å². The second kappa shape index (κ2) is 7.68. The number of unbranched alkanes of at least 4 members (excludes halogenated alkanes) is 3. The Morgan fingerprint density at radius 1 is 1.32 bits per heavy atom. The van der Waals surface area contributed by atoms with Gasteiger partial charge in [-0.25, -0.2) is 4.98 Å². The molecule has 0 aliphatic carbocycles. The van der Waals surface area contributed by atoms with Crippen LogP contribution in [0, 0.1) is 5.92 Å². The van der Waals surface area contributed by atoms with E-state index in [2.05, 4.69) is 28.7 Å². The fourth-order valence-electron chi connectivity index (χ4n) is 2.93. The molecule has 0 spiro atoms. The summed E-state index contributed by atoms with van der Waals surface area (Å²) in [6.45, 7) is 6.92. The molecule has 1 aliphatic rings. The summed E-state index contributed by atoms with van der Waals surface area (Å²) in [4.78, 5) is 4.33. The van der Waals surface area contributed by atoms with E-state index in [1.54, 1.807) is 0 Å². The summed E-state index contributed by atoms with van der Waals surface area (Å²) in [5, 5.41) is 3.56. The Balaban J connectivity index is 1.67. The summed E-state index contributed by atoms with van der Waals surface area (Å²) in [6, 6.07) is 0.545. The molecular formula is C16H29N3. The molecule has 0 amide bonds. The van der Waals surface area contributed by atoms with Crippen LogP contribution in [0.1, 0.15) is 70.5 Å². The molecule has 1 aromatic heterocycles. The molecule has 1 atom stereocenters. The standard InChI is InChI=1S/C16H29N3/c1-14(2)8-5-3-4-6-11-19-13-17-12-16(19)15-9-7-10-18-15/h12-15,18H,3-11H2,1-2H3. The average molecular weight is 263 g/mol. The maximum absolute atomic E-state index is 4.33. The Hall–Kier alpha value is -0.830. The van der Waals surface area contributed by atoms with Crippen LogP contribution in [0.5, 0.6) is 0 Å². The largest absolute Gasteiger partial charge is 0.333 e. The van der Waals surface area contributed by atoms with Crippen molar-refractivity contribution in [3.8, 4) is 0 Å². The molecule has 0 bridgehead atoms. The molecule has 0 saturated carbocycles. The van der Waals surface area contributed by atoms with Gasteiger partial charge < -0.3 is 9.88 Å². The number of aromatic nitrogens is 2.